The van der Waals surface area contributed by atoms with Crippen LogP contribution in [-0.2, 0) is 25.0 Å². The molecule has 0 aromatic carbocycles. The van der Waals surface area contributed by atoms with Crippen LogP contribution in [0.25, 0.3) is 0 Å². The molecule has 0 atom stereocenters. The number of hydrogen-bond donors (Lipinski definition) is 0. The van der Waals surface area contributed by atoms with Gasteiger partial charge in [0.25, 0.3) is 0 Å². The molecule has 0 bridgehead atoms. The summed E-state index contributed by atoms with van der Waals surface area (Å²) < 4.78 is 1.98. The molecule has 1 saturated heterocycles. The van der Waals surface area contributed by atoms with Crippen molar-refractivity contribution in [1.29, 1.82) is 0 Å². The van der Waals surface area contributed by atoms with Gasteiger partial charge in [-0.3, -0.25) is 9.80 Å². The average molecular weight is 349 g/mol. The number of rotatable bonds is 5. The van der Waals surface area contributed by atoms with Gasteiger partial charge in [-0.25, -0.2) is 14.6 Å². The van der Waals surface area contributed by atoms with E-state index in [9.17, 15) is 0 Å². The second kappa shape index (κ2) is 7.29. The Labute approximate surface area is 148 Å². The fourth-order valence-electron chi connectivity index (χ4n) is 2.93. The van der Waals surface area contributed by atoms with Gasteiger partial charge in [-0.2, -0.15) is 5.10 Å². The largest absolute Gasteiger partial charge is 0.295 e. The van der Waals surface area contributed by atoms with Crippen molar-refractivity contribution in [3.8, 4) is 0 Å². The minimum absolute atomic E-state index is 0.150. The number of aromatic nitrogens is 4. The van der Waals surface area contributed by atoms with Crippen molar-refractivity contribution < 1.29 is 0 Å². The van der Waals surface area contributed by atoms with Crippen molar-refractivity contribution in [2.45, 2.75) is 52.7 Å². The molecule has 0 radical (unpaired) electrons. The fraction of sp³-hybridized carbons (Fsp3) is 0.706. The molecule has 7 heteroatoms. The van der Waals surface area contributed by atoms with Gasteiger partial charge in [-0.1, -0.05) is 20.8 Å². The van der Waals surface area contributed by atoms with Crippen LogP contribution in [0.2, 0.25) is 0 Å². The van der Waals surface area contributed by atoms with Crippen LogP contribution >= 0.6 is 11.3 Å². The SMILES string of the molecule is CCn1ncnc1CN1CCN(Cc2csc(C(C)(C)C)n2)CC1. The van der Waals surface area contributed by atoms with Gasteiger partial charge >= 0.3 is 0 Å². The van der Waals surface area contributed by atoms with Crippen molar-refractivity contribution in [2.75, 3.05) is 26.2 Å². The summed E-state index contributed by atoms with van der Waals surface area (Å²) in [5.74, 6) is 1.07. The van der Waals surface area contributed by atoms with Crippen LogP contribution in [0.15, 0.2) is 11.7 Å². The van der Waals surface area contributed by atoms with Crippen LogP contribution in [0.1, 0.15) is 44.2 Å². The van der Waals surface area contributed by atoms with E-state index in [0.29, 0.717) is 0 Å². The Kier molecular flexibility index (Phi) is 5.32. The average Bonchev–Trinajstić information content (AvgIpc) is 3.18. The number of hydrogen-bond acceptors (Lipinski definition) is 6. The highest BCUT2D eigenvalue weighted by atomic mass is 32.1. The molecule has 1 aliphatic rings. The van der Waals surface area contributed by atoms with E-state index in [-0.39, 0.29) is 5.41 Å². The summed E-state index contributed by atoms with van der Waals surface area (Å²) in [6.07, 6.45) is 1.66. The summed E-state index contributed by atoms with van der Waals surface area (Å²) in [5, 5.41) is 7.70. The van der Waals surface area contributed by atoms with E-state index in [1.807, 2.05) is 4.68 Å². The fourth-order valence-corrected chi connectivity index (χ4v) is 3.83. The minimum atomic E-state index is 0.150. The van der Waals surface area contributed by atoms with Gasteiger partial charge in [0, 0.05) is 50.1 Å². The first-order valence-corrected chi connectivity index (χ1v) is 9.60. The van der Waals surface area contributed by atoms with Gasteiger partial charge in [0.15, 0.2) is 0 Å². The van der Waals surface area contributed by atoms with Crippen molar-refractivity contribution >= 4 is 11.3 Å². The summed E-state index contributed by atoms with van der Waals surface area (Å²) in [5.41, 5.74) is 1.36. The van der Waals surface area contributed by atoms with E-state index in [4.69, 9.17) is 4.98 Å². The quantitative estimate of drug-likeness (QED) is 0.830. The highest BCUT2D eigenvalue weighted by Gasteiger charge is 2.21. The molecule has 0 spiro atoms. The van der Waals surface area contributed by atoms with Gasteiger partial charge in [-0.15, -0.1) is 11.3 Å². The first-order chi connectivity index (χ1) is 11.5. The van der Waals surface area contributed by atoms with E-state index in [1.165, 1.54) is 10.7 Å². The third-order valence-corrected chi connectivity index (χ3v) is 5.72. The normalized spacial score (nSPS) is 17.5. The Bertz CT molecular complexity index is 648. The smallest absolute Gasteiger partial charge is 0.140 e. The van der Waals surface area contributed by atoms with Crippen LogP contribution in [0.3, 0.4) is 0 Å². The zero-order valence-electron chi connectivity index (χ0n) is 15.2. The summed E-state index contributed by atoms with van der Waals surface area (Å²) in [6, 6.07) is 0. The van der Waals surface area contributed by atoms with Crippen LogP contribution in [0.4, 0.5) is 0 Å². The minimum Gasteiger partial charge on any atom is -0.295 e. The Morgan fingerprint density at radius 2 is 1.75 bits per heavy atom. The van der Waals surface area contributed by atoms with Crippen molar-refractivity contribution in [3.63, 3.8) is 0 Å². The molecule has 0 amide bonds. The molecule has 1 fully saturated rings. The Hall–Kier alpha value is -1.31. The number of piperazine rings is 1. The number of thiazole rings is 1. The molecule has 1 aliphatic heterocycles. The lowest BCUT2D eigenvalue weighted by atomic mass is 9.98. The second-order valence-electron chi connectivity index (χ2n) is 7.44. The van der Waals surface area contributed by atoms with Crippen molar-refractivity contribution in [3.05, 3.63) is 28.2 Å². The van der Waals surface area contributed by atoms with Crippen LogP contribution in [-0.4, -0.2) is 55.7 Å². The zero-order chi connectivity index (χ0) is 17.2. The summed E-state index contributed by atoms with van der Waals surface area (Å²) in [6.45, 7) is 15.9. The highest BCUT2D eigenvalue weighted by Crippen LogP contribution is 2.26. The molecule has 6 nitrogen and oxygen atoms in total. The van der Waals surface area contributed by atoms with E-state index >= 15 is 0 Å². The lowest BCUT2D eigenvalue weighted by Gasteiger charge is -2.34. The first-order valence-electron chi connectivity index (χ1n) is 8.72. The van der Waals surface area contributed by atoms with E-state index in [0.717, 1.165) is 51.6 Å². The number of nitrogens with zero attached hydrogens (tertiary/aromatic N) is 6. The van der Waals surface area contributed by atoms with Crippen LogP contribution < -0.4 is 0 Å². The summed E-state index contributed by atoms with van der Waals surface area (Å²) in [7, 11) is 0. The van der Waals surface area contributed by atoms with E-state index in [1.54, 1.807) is 17.7 Å². The molecule has 3 rings (SSSR count). The predicted molar refractivity (Wildman–Crippen MR) is 97.1 cm³/mol. The van der Waals surface area contributed by atoms with Crippen molar-refractivity contribution in [1.82, 2.24) is 29.5 Å². The second-order valence-corrected chi connectivity index (χ2v) is 8.30. The van der Waals surface area contributed by atoms with Gasteiger partial charge < -0.3 is 0 Å². The number of aryl methyl sites for hydroxylation is 1. The Morgan fingerprint density at radius 1 is 1.08 bits per heavy atom. The van der Waals surface area contributed by atoms with Gasteiger partial charge in [0.1, 0.15) is 12.2 Å². The Balaban J connectivity index is 1.49. The molecule has 3 heterocycles. The predicted octanol–water partition coefficient (Wildman–Crippen LogP) is 2.37. The molecule has 132 valence electrons. The lowest BCUT2D eigenvalue weighted by Crippen LogP contribution is -2.45. The van der Waals surface area contributed by atoms with Gasteiger partial charge in [0.05, 0.1) is 17.2 Å². The maximum absolute atomic E-state index is 4.82. The molecule has 24 heavy (non-hydrogen) atoms. The molecule has 0 N–H and O–H groups in total. The molecular weight excluding hydrogens is 320 g/mol. The first kappa shape index (κ1) is 17.5. The van der Waals surface area contributed by atoms with E-state index < -0.39 is 0 Å². The standard InChI is InChI=1S/C17H28N6S/c1-5-23-15(18-13-19-23)11-22-8-6-21(7-9-22)10-14-12-24-16(20-14)17(2,3)4/h12-13H,5-11H2,1-4H3. The summed E-state index contributed by atoms with van der Waals surface area (Å²) in [4.78, 5) is 14.2. The monoisotopic (exact) mass is 348 g/mol. The molecule has 2 aromatic rings. The molecule has 0 unspecified atom stereocenters. The third-order valence-electron chi connectivity index (χ3n) is 4.40. The zero-order valence-corrected chi connectivity index (χ0v) is 16.0. The Morgan fingerprint density at radius 3 is 2.33 bits per heavy atom. The van der Waals surface area contributed by atoms with Crippen LogP contribution in [0.5, 0.6) is 0 Å². The van der Waals surface area contributed by atoms with E-state index in [2.05, 4.69) is 53.0 Å². The summed E-state index contributed by atoms with van der Waals surface area (Å²) >= 11 is 1.79. The maximum Gasteiger partial charge on any atom is 0.140 e. The molecular formula is C17H28N6S. The van der Waals surface area contributed by atoms with Gasteiger partial charge in [0.2, 0.25) is 0 Å². The molecule has 2 aromatic heterocycles. The third kappa shape index (κ3) is 4.20. The highest BCUT2D eigenvalue weighted by molar-refractivity contribution is 7.09. The molecule has 0 saturated carbocycles. The topological polar surface area (TPSA) is 50.1 Å². The lowest BCUT2D eigenvalue weighted by molar-refractivity contribution is 0.117. The molecule has 0 aliphatic carbocycles. The van der Waals surface area contributed by atoms with Crippen molar-refractivity contribution in [2.24, 2.45) is 0 Å². The maximum atomic E-state index is 4.82. The van der Waals surface area contributed by atoms with Crippen LogP contribution in [0, 0.1) is 0 Å². The van der Waals surface area contributed by atoms with Gasteiger partial charge in [-0.05, 0) is 6.92 Å².